The summed E-state index contributed by atoms with van der Waals surface area (Å²) >= 11 is 5.90. The van der Waals surface area contributed by atoms with Crippen molar-refractivity contribution in [2.75, 3.05) is 17.7 Å². The maximum Gasteiger partial charge on any atom is 0.416 e. The molecule has 0 spiro atoms. The number of ether oxygens (including phenoxy) is 2. The number of aromatic nitrogens is 5. The van der Waals surface area contributed by atoms with Crippen LogP contribution in [0.4, 0.5) is 29.3 Å². The van der Waals surface area contributed by atoms with E-state index in [1.807, 2.05) is 12.1 Å². The molecular weight excluding hydrogens is 539 g/mol. The summed E-state index contributed by atoms with van der Waals surface area (Å²) in [5.41, 5.74) is 1.28. The van der Waals surface area contributed by atoms with E-state index in [1.54, 1.807) is 35.0 Å². The van der Waals surface area contributed by atoms with Crippen molar-refractivity contribution in [1.82, 2.24) is 24.6 Å². The summed E-state index contributed by atoms with van der Waals surface area (Å²) in [6, 6.07) is 12.4. The van der Waals surface area contributed by atoms with Crippen LogP contribution < -0.4 is 20.1 Å². The smallest absolute Gasteiger partial charge is 0.416 e. The summed E-state index contributed by atoms with van der Waals surface area (Å²) in [4.78, 5) is 24.7. The lowest BCUT2D eigenvalue weighted by atomic mass is 10.1. The number of carbonyl (C=O) groups excluding carboxylic acids is 1. The van der Waals surface area contributed by atoms with Crippen molar-refractivity contribution in [3.63, 3.8) is 0 Å². The number of imidazole rings is 1. The number of benzene rings is 2. The van der Waals surface area contributed by atoms with Crippen LogP contribution in [0.25, 0.3) is 16.9 Å². The standard InChI is InChI=1S/C25H17ClF3N7O3/c1-38-22-9-8-21-30-13-20(36(21)35-22)14-2-5-17(6-3-14)39-24-31-11-16(12-32-24)33-23(37)34-19-10-15(25(27,28)29)4-7-18(19)26/h2-13H,1H3,(H2,33,34,37). The van der Waals surface area contributed by atoms with Crippen LogP contribution in [-0.4, -0.2) is 37.7 Å². The number of fused-ring (bicyclic) bond motifs is 1. The molecule has 0 unspecified atom stereocenters. The minimum Gasteiger partial charge on any atom is -0.480 e. The molecule has 0 fully saturated rings. The lowest BCUT2D eigenvalue weighted by Crippen LogP contribution is -2.20. The summed E-state index contributed by atoms with van der Waals surface area (Å²) in [6.45, 7) is 0. The molecule has 0 aliphatic carbocycles. The fourth-order valence-corrected chi connectivity index (χ4v) is 3.64. The van der Waals surface area contributed by atoms with Gasteiger partial charge in [0.05, 0.1) is 53.4 Å². The van der Waals surface area contributed by atoms with Gasteiger partial charge in [-0.25, -0.2) is 24.3 Å². The second-order valence-corrected chi connectivity index (χ2v) is 8.35. The molecule has 0 saturated carbocycles. The van der Waals surface area contributed by atoms with Gasteiger partial charge in [0.2, 0.25) is 5.88 Å². The maximum absolute atomic E-state index is 12.9. The number of carbonyl (C=O) groups is 1. The van der Waals surface area contributed by atoms with Crippen molar-refractivity contribution in [2.24, 2.45) is 0 Å². The van der Waals surface area contributed by atoms with Gasteiger partial charge < -0.3 is 20.1 Å². The Bertz CT molecular complexity index is 1640. The first-order valence-corrected chi connectivity index (χ1v) is 11.5. The van der Waals surface area contributed by atoms with Crippen LogP contribution in [0.1, 0.15) is 5.56 Å². The minimum atomic E-state index is -4.58. The first kappa shape index (κ1) is 25.7. The zero-order valence-electron chi connectivity index (χ0n) is 19.9. The molecular formula is C25H17ClF3N7O3. The Hall–Kier alpha value is -4.91. The summed E-state index contributed by atoms with van der Waals surface area (Å²) in [7, 11) is 1.53. The van der Waals surface area contributed by atoms with E-state index < -0.39 is 17.8 Å². The number of methoxy groups -OCH3 is 1. The number of hydrogen-bond donors (Lipinski definition) is 2. The highest BCUT2D eigenvalue weighted by molar-refractivity contribution is 6.33. The van der Waals surface area contributed by atoms with Crippen LogP contribution >= 0.6 is 11.6 Å². The third kappa shape index (κ3) is 5.83. The number of halogens is 4. The van der Waals surface area contributed by atoms with Crippen LogP contribution in [-0.2, 0) is 6.18 Å². The Morgan fingerprint density at radius 3 is 2.38 bits per heavy atom. The van der Waals surface area contributed by atoms with Crippen molar-refractivity contribution < 1.29 is 27.4 Å². The Balaban J connectivity index is 1.22. The predicted octanol–water partition coefficient (Wildman–Crippen LogP) is 6.30. The molecule has 0 aliphatic rings. The lowest BCUT2D eigenvalue weighted by molar-refractivity contribution is -0.137. The number of rotatable bonds is 6. The number of nitrogens with one attached hydrogen (secondary N) is 2. The Morgan fingerprint density at radius 1 is 0.949 bits per heavy atom. The summed E-state index contributed by atoms with van der Waals surface area (Å²) < 4.78 is 51.3. The van der Waals surface area contributed by atoms with Crippen LogP contribution in [0.5, 0.6) is 17.6 Å². The van der Waals surface area contributed by atoms with Gasteiger partial charge in [-0.3, -0.25) is 0 Å². The molecule has 2 aromatic carbocycles. The summed E-state index contributed by atoms with van der Waals surface area (Å²) in [5.74, 6) is 0.907. The average molecular weight is 556 g/mol. The van der Waals surface area contributed by atoms with Gasteiger partial charge in [0.25, 0.3) is 0 Å². The zero-order chi connectivity index (χ0) is 27.6. The van der Waals surface area contributed by atoms with Crippen LogP contribution in [0.15, 0.2) is 73.2 Å². The van der Waals surface area contributed by atoms with Crippen LogP contribution in [0.2, 0.25) is 5.02 Å². The highest BCUT2D eigenvalue weighted by atomic mass is 35.5. The van der Waals surface area contributed by atoms with Gasteiger partial charge in [-0.2, -0.15) is 13.2 Å². The number of alkyl halides is 3. The van der Waals surface area contributed by atoms with E-state index in [0.29, 0.717) is 17.3 Å². The number of hydrogen-bond acceptors (Lipinski definition) is 7. The van der Waals surface area contributed by atoms with E-state index in [4.69, 9.17) is 21.1 Å². The molecule has 5 rings (SSSR count). The predicted molar refractivity (Wildman–Crippen MR) is 136 cm³/mol. The molecule has 2 N–H and O–H groups in total. The minimum absolute atomic E-state index is 0.0100. The molecule has 3 aromatic heterocycles. The fraction of sp³-hybridized carbons (Fsp3) is 0.0800. The maximum atomic E-state index is 12.9. The molecule has 0 bridgehead atoms. The third-order valence-electron chi connectivity index (χ3n) is 5.33. The van der Waals surface area contributed by atoms with Gasteiger partial charge in [-0.15, -0.1) is 5.10 Å². The van der Waals surface area contributed by atoms with Gasteiger partial charge in [0.1, 0.15) is 5.75 Å². The Morgan fingerprint density at radius 2 is 1.69 bits per heavy atom. The third-order valence-corrected chi connectivity index (χ3v) is 5.66. The highest BCUT2D eigenvalue weighted by Gasteiger charge is 2.31. The van der Waals surface area contributed by atoms with Crippen LogP contribution in [0, 0.1) is 0 Å². The normalized spacial score (nSPS) is 11.3. The van der Waals surface area contributed by atoms with Crippen LogP contribution in [0.3, 0.4) is 0 Å². The van der Waals surface area contributed by atoms with Gasteiger partial charge in [-0.1, -0.05) is 11.6 Å². The molecule has 0 radical (unpaired) electrons. The van der Waals surface area contributed by atoms with Gasteiger partial charge in [0.15, 0.2) is 5.65 Å². The van der Waals surface area contributed by atoms with Crippen molar-refractivity contribution in [2.45, 2.75) is 6.18 Å². The SMILES string of the molecule is COc1ccc2ncc(-c3ccc(Oc4ncc(NC(=O)Nc5cc(C(F)(F)F)ccc5Cl)cn4)cc3)n2n1. The van der Waals surface area contributed by atoms with E-state index in [2.05, 4.69) is 30.7 Å². The van der Waals surface area contributed by atoms with E-state index in [9.17, 15) is 18.0 Å². The van der Waals surface area contributed by atoms with Crippen molar-refractivity contribution in [1.29, 1.82) is 0 Å². The number of nitrogens with zero attached hydrogens (tertiary/aromatic N) is 5. The van der Waals surface area contributed by atoms with Crippen molar-refractivity contribution in [3.8, 4) is 28.9 Å². The molecule has 5 aromatic rings. The summed E-state index contributed by atoms with van der Waals surface area (Å²) in [5, 5.41) is 9.02. The molecule has 39 heavy (non-hydrogen) atoms. The fourth-order valence-electron chi connectivity index (χ4n) is 3.48. The largest absolute Gasteiger partial charge is 0.480 e. The molecule has 0 saturated heterocycles. The zero-order valence-corrected chi connectivity index (χ0v) is 20.7. The first-order chi connectivity index (χ1) is 18.7. The average Bonchev–Trinajstić information content (AvgIpc) is 3.34. The van der Waals surface area contributed by atoms with Gasteiger partial charge >= 0.3 is 18.2 Å². The van der Waals surface area contributed by atoms with Gasteiger partial charge in [-0.05, 0) is 48.5 Å². The quantitative estimate of drug-likeness (QED) is 0.252. The first-order valence-electron chi connectivity index (χ1n) is 11.1. The Kier molecular flexibility index (Phi) is 6.90. The number of amides is 2. The number of anilines is 2. The topological polar surface area (TPSA) is 116 Å². The second-order valence-electron chi connectivity index (χ2n) is 7.94. The van der Waals surface area contributed by atoms with Gasteiger partial charge in [0, 0.05) is 11.6 Å². The lowest BCUT2D eigenvalue weighted by Gasteiger charge is -2.12. The molecule has 14 heteroatoms. The molecule has 0 atom stereocenters. The monoisotopic (exact) mass is 555 g/mol. The van der Waals surface area contributed by atoms with E-state index in [0.717, 1.165) is 29.5 Å². The Labute approximate surface area is 223 Å². The van der Waals surface area contributed by atoms with Crippen molar-refractivity contribution in [3.05, 3.63) is 83.8 Å². The molecule has 3 heterocycles. The molecule has 198 valence electrons. The number of urea groups is 1. The van der Waals surface area contributed by atoms with E-state index in [-0.39, 0.29) is 22.4 Å². The second kappa shape index (κ2) is 10.5. The van der Waals surface area contributed by atoms with E-state index >= 15 is 0 Å². The van der Waals surface area contributed by atoms with E-state index in [1.165, 1.54) is 19.5 Å². The highest BCUT2D eigenvalue weighted by Crippen LogP contribution is 2.34. The molecule has 0 aliphatic heterocycles. The molecule has 10 nitrogen and oxygen atoms in total. The summed E-state index contributed by atoms with van der Waals surface area (Å²) in [6.07, 6.45) is -0.326. The molecule has 2 amide bonds. The van der Waals surface area contributed by atoms with Crippen molar-refractivity contribution >= 4 is 34.7 Å².